The lowest BCUT2D eigenvalue weighted by Crippen LogP contribution is -2.52. The fourth-order valence-electron chi connectivity index (χ4n) is 7.05. The minimum absolute atomic E-state index is 0.0370. The molecule has 3 aliphatic rings. The summed E-state index contributed by atoms with van der Waals surface area (Å²) in [4.78, 5) is 35.5. The van der Waals surface area contributed by atoms with E-state index in [4.69, 9.17) is 19.0 Å². The average Bonchev–Trinajstić information content (AvgIpc) is 3.66. The number of hydrogen-bond acceptors (Lipinski definition) is 6. The lowest BCUT2D eigenvalue weighted by Gasteiger charge is -2.32. The largest absolute Gasteiger partial charge is 0.494 e. The van der Waals surface area contributed by atoms with Crippen molar-refractivity contribution in [1.29, 1.82) is 0 Å². The van der Waals surface area contributed by atoms with E-state index in [1.807, 2.05) is 26.8 Å². The number of nitrogens with zero attached hydrogens (tertiary/aromatic N) is 2. The van der Waals surface area contributed by atoms with Crippen LogP contribution in [0, 0.1) is 5.92 Å². The van der Waals surface area contributed by atoms with Crippen LogP contribution in [0.1, 0.15) is 78.7 Å². The Morgan fingerprint density at radius 2 is 1.78 bits per heavy atom. The van der Waals surface area contributed by atoms with Gasteiger partial charge in [0.15, 0.2) is 0 Å². The molecule has 46 heavy (non-hydrogen) atoms. The Balaban J connectivity index is 1.21. The van der Waals surface area contributed by atoms with Crippen LogP contribution in [0.4, 0.5) is 4.79 Å². The number of aromatic amines is 1. The molecule has 240 valence electrons. The second-order valence-corrected chi connectivity index (χ2v) is 14.3. The van der Waals surface area contributed by atoms with Crippen LogP contribution < -0.4 is 15.5 Å². The first-order chi connectivity index (χ1) is 21.7. The van der Waals surface area contributed by atoms with Crippen LogP contribution in [0.3, 0.4) is 0 Å². The zero-order valence-corrected chi connectivity index (χ0v) is 27.4. The van der Waals surface area contributed by atoms with Gasteiger partial charge in [0.2, 0.25) is 5.91 Å². The predicted molar refractivity (Wildman–Crippen MR) is 177 cm³/mol. The highest BCUT2D eigenvalue weighted by molar-refractivity contribution is 6.62. The number of ether oxygens (including phenoxy) is 1. The Morgan fingerprint density at radius 3 is 2.48 bits per heavy atom. The maximum absolute atomic E-state index is 13.7. The molecule has 3 N–H and O–H groups in total. The van der Waals surface area contributed by atoms with Gasteiger partial charge in [0.25, 0.3) is 0 Å². The summed E-state index contributed by atoms with van der Waals surface area (Å²) < 4.78 is 18.9. The van der Waals surface area contributed by atoms with Crippen molar-refractivity contribution in [3.63, 3.8) is 0 Å². The molecule has 1 aromatic heterocycles. The monoisotopic (exact) mass is 624 g/mol. The van der Waals surface area contributed by atoms with Crippen molar-refractivity contribution in [3.05, 3.63) is 53.9 Å². The van der Waals surface area contributed by atoms with E-state index in [9.17, 15) is 14.7 Å². The van der Waals surface area contributed by atoms with Gasteiger partial charge >= 0.3 is 13.2 Å². The van der Waals surface area contributed by atoms with Gasteiger partial charge in [-0.25, -0.2) is 9.78 Å². The molecule has 0 aliphatic carbocycles. The van der Waals surface area contributed by atoms with Gasteiger partial charge in [0.1, 0.15) is 24.2 Å². The number of rotatable bonds is 5. The summed E-state index contributed by atoms with van der Waals surface area (Å²) >= 11 is 0. The summed E-state index contributed by atoms with van der Waals surface area (Å²) in [6.45, 7) is 14.4. The summed E-state index contributed by atoms with van der Waals surface area (Å²) in [5.74, 6) is 1.10. The van der Waals surface area contributed by atoms with Crippen molar-refractivity contribution in [2.75, 3.05) is 0 Å². The number of hydrogen-bond donors (Lipinski definition) is 3. The molecule has 11 heteroatoms. The Bertz CT molecular complexity index is 1870. The van der Waals surface area contributed by atoms with Crippen molar-refractivity contribution in [2.24, 2.45) is 5.92 Å². The molecule has 0 radical (unpaired) electrons. The highest BCUT2D eigenvalue weighted by Gasteiger charge is 2.52. The van der Waals surface area contributed by atoms with Gasteiger partial charge < -0.3 is 34.4 Å². The molecule has 2 fully saturated rings. The molecule has 3 aromatic carbocycles. The highest BCUT2D eigenvalue weighted by Crippen LogP contribution is 2.43. The van der Waals surface area contributed by atoms with Crippen LogP contribution in [0.2, 0.25) is 0 Å². The number of aromatic nitrogens is 2. The second kappa shape index (κ2) is 10.7. The van der Waals surface area contributed by atoms with Crippen LogP contribution >= 0.6 is 0 Å². The zero-order valence-electron chi connectivity index (χ0n) is 27.4. The van der Waals surface area contributed by atoms with E-state index in [-0.39, 0.29) is 23.9 Å². The van der Waals surface area contributed by atoms with Crippen molar-refractivity contribution in [1.82, 2.24) is 20.2 Å². The summed E-state index contributed by atoms with van der Waals surface area (Å²) in [6.07, 6.45) is 0.346. The third-order valence-corrected chi connectivity index (χ3v) is 10.4. The summed E-state index contributed by atoms with van der Waals surface area (Å²) in [5.41, 5.74) is 5.08. The topological polar surface area (TPSA) is 126 Å². The van der Waals surface area contributed by atoms with E-state index in [1.54, 1.807) is 4.90 Å². The zero-order chi connectivity index (χ0) is 32.7. The average molecular weight is 625 g/mol. The van der Waals surface area contributed by atoms with Crippen LogP contribution in [0.5, 0.6) is 5.75 Å². The van der Waals surface area contributed by atoms with E-state index in [0.717, 1.165) is 62.6 Å². The number of carbonyl (C=O) groups is 2. The van der Waals surface area contributed by atoms with E-state index in [2.05, 4.69) is 74.4 Å². The van der Waals surface area contributed by atoms with Gasteiger partial charge in [-0.2, -0.15) is 0 Å². The molecular formula is C35H41BN4O6. The van der Waals surface area contributed by atoms with Gasteiger partial charge in [0.05, 0.1) is 28.3 Å². The molecule has 3 atom stereocenters. The number of fused-ring (bicyclic) bond motifs is 6. The molecule has 1 unspecified atom stereocenters. The first-order valence-electron chi connectivity index (χ1n) is 16.1. The molecule has 0 saturated carbocycles. The molecule has 2 amide bonds. The van der Waals surface area contributed by atoms with E-state index < -0.39 is 30.5 Å². The fraction of sp³-hybridized carbons (Fsp3) is 0.457. The number of nitrogens with one attached hydrogen (secondary N) is 2. The van der Waals surface area contributed by atoms with Gasteiger partial charge in [-0.3, -0.25) is 4.79 Å². The molecule has 2 saturated heterocycles. The first-order valence-corrected chi connectivity index (χ1v) is 16.1. The quantitative estimate of drug-likeness (QED) is 0.236. The third kappa shape index (κ3) is 4.91. The lowest BCUT2D eigenvalue weighted by molar-refractivity contribution is -0.137. The SMILES string of the molecule is CC(C)C(NC(=O)O)C(=O)N1[C@@H](C)CC[C@H]1c1nc2ccc3cc4c(cc3c2[nH]1)OCc1cc(B2OC(C)(C)C(C)(C)O2)ccc1-4. The lowest BCUT2D eigenvalue weighted by atomic mass is 9.77. The summed E-state index contributed by atoms with van der Waals surface area (Å²) in [5, 5.41) is 13.8. The van der Waals surface area contributed by atoms with Gasteiger partial charge in [-0.15, -0.1) is 0 Å². The highest BCUT2D eigenvalue weighted by atomic mass is 16.7. The van der Waals surface area contributed by atoms with Crippen LogP contribution in [-0.2, 0) is 20.7 Å². The standard InChI is InChI=1S/C35H41BN4O6/c1-18(2)29(39-33(42)43)32(41)40-19(3)8-13-27(40)31-37-26-12-9-20-15-25-23-11-10-22(36-45-34(4,5)35(6,7)46-36)14-21(23)17-44-28(25)16-24(20)30(26)38-31/h9-12,14-16,18-19,27,29,39H,8,13,17H2,1-7H3,(H,37,38)(H,42,43)/t19-,27-,29?/m0/s1. The molecule has 0 bridgehead atoms. The maximum atomic E-state index is 13.7. The number of carbonyl (C=O) groups excluding carboxylic acids is 1. The van der Waals surface area contributed by atoms with Crippen molar-refractivity contribution >= 4 is 46.4 Å². The second-order valence-electron chi connectivity index (χ2n) is 14.3. The van der Waals surface area contributed by atoms with Gasteiger partial charge in [-0.1, -0.05) is 38.1 Å². The van der Waals surface area contributed by atoms with E-state index in [0.29, 0.717) is 12.4 Å². The van der Waals surface area contributed by atoms with Crippen molar-refractivity contribution in [3.8, 4) is 16.9 Å². The van der Waals surface area contributed by atoms with Crippen molar-refractivity contribution in [2.45, 2.75) is 97.2 Å². The summed E-state index contributed by atoms with van der Waals surface area (Å²) in [7, 11) is -0.435. The fourth-order valence-corrected chi connectivity index (χ4v) is 7.05. The third-order valence-electron chi connectivity index (χ3n) is 10.4. The normalized spacial score (nSPS) is 22.2. The minimum atomic E-state index is -1.20. The van der Waals surface area contributed by atoms with Crippen molar-refractivity contribution < 1.29 is 28.7 Å². The molecule has 7 rings (SSSR count). The number of likely N-dealkylation sites (tertiary alicyclic amines) is 1. The van der Waals surface area contributed by atoms with Crippen LogP contribution in [-0.4, -0.2) is 62.4 Å². The van der Waals surface area contributed by atoms with Gasteiger partial charge in [0, 0.05) is 17.0 Å². The van der Waals surface area contributed by atoms with Crippen LogP contribution in [0.25, 0.3) is 32.9 Å². The Morgan fingerprint density at radius 1 is 1.04 bits per heavy atom. The van der Waals surface area contributed by atoms with Gasteiger partial charge in [-0.05, 0) is 93.6 Å². The number of benzene rings is 3. The Hall–Kier alpha value is -4.09. The molecule has 4 aromatic rings. The number of carboxylic acid groups (broad SMARTS) is 1. The van der Waals surface area contributed by atoms with Crippen LogP contribution in [0.15, 0.2) is 42.5 Å². The molecule has 10 nitrogen and oxygen atoms in total. The minimum Gasteiger partial charge on any atom is -0.488 e. The number of imidazole rings is 1. The smallest absolute Gasteiger partial charge is 0.488 e. The molecular weight excluding hydrogens is 583 g/mol. The van der Waals surface area contributed by atoms with E-state index >= 15 is 0 Å². The molecule has 3 aliphatic heterocycles. The van der Waals surface area contributed by atoms with E-state index in [1.165, 1.54) is 0 Å². The Kier molecular flexibility index (Phi) is 7.13. The molecule has 0 spiro atoms. The molecule has 4 heterocycles. The Labute approximate surface area is 268 Å². The maximum Gasteiger partial charge on any atom is 0.494 e. The first kappa shape index (κ1) is 30.6. The predicted octanol–water partition coefficient (Wildman–Crippen LogP) is 5.92. The number of H-pyrrole nitrogens is 1. The number of amides is 2. The summed E-state index contributed by atoms with van der Waals surface area (Å²) in [6, 6.07) is 13.5.